The van der Waals surface area contributed by atoms with Crippen molar-refractivity contribution in [2.75, 3.05) is 57.3 Å². The summed E-state index contributed by atoms with van der Waals surface area (Å²) < 4.78 is 0. The van der Waals surface area contributed by atoms with Crippen molar-refractivity contribution in [2.24, 2.45) is 0 Å². The zero-order valence-corrected chi connectivity index (χ0v) is 23.2. The van der Waals surface area contributed by atoms with Crippen LogP contribution in [0.5, 0.6) is 0 Å². The second-order valence-electron chi connectivity index (χ2n) is 8.94. The van der Waals surface area contributed by atoms with E-state index in [1.165, 1.54) is 49.0 Å². The van der Waals surface area contributed by atoms with Gasteiger partial charge >= 0.3 is 0 Å². The number of hydrogen-bond donors (Lipinski definition) is 0. The van der Waals surface area contributed by atoms with Gasteiger partial charge in [0.15, 0.2) is 0 Å². The van der Waals surface area contributed by atoms with Crippen LogP contribution in [0, 0.1) is 0 Å². The highest BCUT2D eigenvalue weighted by Crippen LogP contribution is 2.25. The lowest BCUT2D eigenvalue weighted by molar-refractivity contribution is 0.268. The van der Waals surface area contributed by atoms with Gasteiger partial charge in [-0.2, -0.15) is 0 Å². The van der Waals surface area contributed by atoms with E-state index in [0.717, 1.165) is 58.7 Å². The summed E-state index contributed by atoms with van der Waals surface area (Å²) in [5, 5.41) is 0. The van der Waals surface area contributed by atoms with Crippen molar-refractivity contribution in [1.29, 1.82) is 0 Å². The second kappa shape index (κ2) is 19.7. The monoisotopic (exact) mass is 487 g/mol. The van der Waals surface area contributed by atoms with Gasteiger partial charge in [-0.1, -0.05) is 81.8 Å². The first-order valence-electron chi connectivity index (χ1n) is 13.4. The number of anilines is 1. The minimum atomic E-state index is 0.910. The third-order valence-corrected chi connectivity index (χ3v) is 6.70. The third kappa shape index (κ3) is 12.2. The third-order valence-electron chi connectivity index (χ3n) is 6.52. The molecule has 0 aliphatic rings. The summed E-state index contributed by atoms with van der Waals surface area (Å²) in [4.78, 5) is 7.65. The van der Waals surface area contributed by atoms with Crippen LogP contribution in [0.4, 0.5) is 5.69 Å². The van der Waals surface area contributed by atoms with Gasteiger partial charge in [0.25, 0.3) is 0 Å². The maximum atomic E-state index is 5.89. The summed E-state index contributed by atoms with van der Waals surface area (Å²) >= 11 is 5.89. The van der Waals surface area contributed by atoms with Crippen LogP contribution >= 0.6 is 11.6 Å². The number of aryl methyl sites for hydroxylation is 1. The lowest BCUT2D eigenvalue weighted by atomic mass is 10.0. The van der Waals surface area contributed by atoms with Gasteiger partial charge in [0.05, 0.1) is 0 Å². The highest BCUT2D eigenvalue weighted by Gasteiger charge is 2.14. The topological polar surface area (TPSA) is 9.72 Å². The van der Waals surface area contributed by atoms with E-state index < -0.39 is 0 Å². The molecule has 4 heteroatoms. The standard InChI is InChI=1S/C30H50ClN3/c1-6-11-13-24-34(30-27-28(8-3)18-19-29(30)17-12-7-2)26-25-33(23-16-20-31)22-15-14-21-32(9-4)10-5/h6,8,11,16,18-20,27H,3,7,9-10,12-15,17,21-26H2,1-2,4-5H3/b11-6-,20-16+. The number of halogens is 1. The molecule has 1 aromatic rings. The molecule has 0 radical (unpaired) electrons. The van der Waals surface area contributed by atoms with Crippen molar-refractivity contribution in [2.45, 2.75) is 66.2 Å². The lowest BCUT2D eigenvalue weighted by Crippen LogP contribution is -2.37. The predicted octanol–water partition coefficient (Wildman–Crippen LogP) is 7.62. The molecule has 0 aromatic heterocycles. The van der Waals surface area contributed by atoms with E-state index in [4.69, 9.17) is 11.6 Å². The quantitative estimate of drug-likeness (QED) is 0.138. The smallest absolute Gasteiger partial charge is 0.0405 e. The highest BCUT2D eigenvalue weighted by atomic mass is 35.5. The van der Waals surface area contributed by atoms with E-state index >= 15 is 0 Å². The van der Waals surface area contributed by atoms with Crippen LogP contribution in [0.3, 0.4) is 0 Å². The second-order valence-corrected chi connectivity index (χ2v) is 9.19. The molecule has 0 heterocycles. The summed E-state index contributed by atoms with van der Waals surface area (Å²) in [5.41, 5.74) is 5.69. The molecule has 34 heavy (non-hydrogen) atoms. The molecule has 192 valence electrons. The first kappa shape index (κ1) is 30.5. The van der Waals surface area contributed by atoms with E-state index in [1.54, 1.807) is 5.54 Å². The van der Waals surface area contributed by atoms with Gasteiger partial charge < -0.3 is 9.80 Å². The number of nitrogens with zero attached hydrogens (tertiary/aromatic N) is 3. The van der Waals surface area contributed by atoms with Gasteiger partial charge in [0, 0.05) is 37.4 Å². The van der Waals surface area contributed by atoms with Crippen molar-refractivity contribution in [3.63, 3.8) is 0 Å². The van der Waals surface area contributed by atoms with E-state index in [9.17, 15) is 0 Å². The number of allylic oxidation sites excluding steroid dienone is 1. The molecular weight excluding hydrogens is 438 g/mol. The van der Waals surface area contributed by atoms with E-state index in [0.29, 0.717) is 0 Å². The van der Waals surface area contributed by atoms with Gasteiger partial charge in [-0.3, -0.25) is 4.90 Å². The largest absolute Gasteiger partial charge is 0.370 e. The van der Waals surface area contributed by atoms with Gasteiger partial charge in [-0.25, -0.2) is 0 Å². The minimum absolute atomic E-state index is 0.910. The fourth-order valence-corrected chi connectivity index (χ4v) is 4.37. The first-order chi connectivity index (χ1) is 16.6. The van der Waals surface area contributed by atoms with Crippen LogP contribution in [-0.2, 0) is 6.42 Å². The van der Waals surface area contributed by atoms with Crippen LogP contribution in [0.15, 0.2) is 48.5 Å². The van der Waals surface area contributed by atoms with Crippen molar-refractivity contribution < 1.29 is 0 Å². The molecule has 0 N–H and O–H groups in total. The van der Waals surface area contributed by atoms with Crippen LogP contribution in [0.25, 0.3) is 6.08 Å². The summed E-state index contributed by atoms with van der Waals surface area (Å²) in [5.74, 6) is 0. The lowest BCUT2D eigenvalue weighted by Gasteiger charge is -2.31. The fourth-order valence-electron chi connectivity index (χ4n) is 4.29. The maximum Gasteiger partial charge on any atom is 0.0405 e. The molecule has 0 saturated carbocycles. The molecule has 0 aliphatic carbocycles. The molecule has 0 amide bonds. The molecule has 0 spiro atoms. The van der Waals surface area contributed by atoms with E-state index in [1.807, 2.05) is 6.08 Å². The van der Waals surface area contributed by atoms with Crippen molar-refractivity contribution >= 4 is 23.4 Å². The Morgan fingerprint density at radius 1 is 0.882 bits per heavy atom. The van der Waals surface area contributed by atoms with Crippen LogP contribution in [-0.4, -0.2) is 62.2 Å². The predicted molar refractivity (Wildman–Crippen MR) is 155 cm³/mol. The average molecular weight is 488 g/mol. The fraction of sp³-hybridized carbons (Fsp3) is 0.600. The van der Waals surface area contributed by atoms with Crippen molar-refractivity contribution in [3.05, 3.63) is 59.7 Å². The van der Waals surface area contributed by atoms with E-state index in [2.05, 4.69) is 85.4 Å². The Labute approximate surface area is 216 Å². The Morgan fingerprint density at radius 3 is 2.24 bits per heavy atom. The highest BCUT2D eigenvalue weighted by molar-refractivity contribution is 6.25. The molecule has 0 atom stereocenters. The average Bonchev–Trinajstić information content (AvgIpc) is 2.87. The van der Waals surface area contributed by atoms with Gasteiger partial charge in [0.1, 0.15) is 0 Å². The Bertz CT molecular complexity index is 709. The van der Waals surface area contributed by atoms with E-state index in [-0.39, 0.29) is 0 Å². The molecule has 1 aromatic carbocycles. The zero-order chi connectivity index (χ0) is 25.0. The molecular formula is C30H50ClN3. The van der Waals surface area contributed by atoms with Gasteiger partial charge in [0.2, 0.25) is 0 Å². The summed E-state index contributed by atoms with van der Waals surface area (Å²) in [6, 6.07) is 6.85. The van der Waals surface area contributed by atoms with Gasteiger partial charge in [-0.05, 0) is 82.4 Å². The molecule has 0 aliphatic heterocycles. The molecule has 3 nitrogen and oxygen atoms in total. The molecule has 0 unspecified atom stereocenters. The van der Waals surface area contributed by atoms with Crippen molar-refractivity contribution in [3.8, 4) is 0 Å². The molecule has 1 rings (SSSR count). The first-order valence-corrected chi connectivity index (χ1v) is 13.9. The summed E-state index contributed by atoms with van der Waals surface area (Å²) in [6.07, 6.45) is 15.6. The summed E-state index contributed by atoms with van der Waals surface area (Å²) in [7, 11) is 0. The SMILES string of the molecule is C=Cc1ccc(CCCC)c(N(CC/C=C\C)CCN(C/C=C/Cl)CCCCN(CC)CC)c1. The molecule has 0 saturated heterocycles. The molecule has 0 fully saturated rings. The van der Waals surface area contributed by atoms with Crippen LogP contribution in [0.2, 0.25) is 0 Å². The molecule has 0 bridgehead atoms. The Balaban J connectivity index is 2.93. The Morgan fingerprint density at radius 2 is 1.62 bits per heavy atom. The zero-order valence-electron chi connectivity index (χ0n) is 22.4. The Kier molecular flexibility index (Phi) is 17.7. The van der Waals surface area contributed by atoms with Crippen molar-refractivity contribution in [1.82, 2.24) is 9.80 Å². The Hall–Kier alpha value is -1.55. The number of benzene rings is 1. The maximum absolute atomic E-state index is 5.89. The number of rotatable bonds is 20. The minimum Gasteiger partial charge on any atom is -0.370 e. The number of unbranched alkanes of at least 4 members (excludes halogenated alkanes) is 2. The van der Waals surface area contributed by atoms with Gasteiger partial charge in [-0.15, -0.1) is 0 Å². The van der Waals surface area contributed by atoms with Crippen LogP contribution in [0.1, 0.15) is 70.9 Å². The normalized spacial score (nSPS) is 12.0. The number of hydrogen-bond acceptors (Lipinski definition) is 3. The van der Waals surface area contributed by atoms with Crippen LogP contribution < -0.4 is 4.90 Å². The summed E-state index contributed by atoms with van der Waals surface area (Å²) in [6.45, 7) is 21.5.